The third-order valence-electron chi connectivity index (χ3n) is 6.32. The first-order chi connectivity index (χ1) is 14.1. The van der Waals surface area contributed by atoms with Crippen molar-refractivity contribution in [2.24, 2.45) is 11.8 Å². The fourth-order valence-electron chi connectivity index (χ4n) is 3.89. The maximum Gasteiger partial charge on any atom is 0.330 e. The summed E-state index contributed by atoms with van der Waals surface area (Å²) in [6.45, 7) is 10.8. The second-order valence-corrected chi connectivity index (χ2v) is 9.58. The van der Waals surface area contributed by atoms with Crippen LogP contribution in [0, 0.1) is 11.8 Å². The summed E-state index contributed by atoms with van der Waals surface area (Å²) in [5, 5.41) is 9.95. The van der Waals surface area contributed by atoms with Crippen LogP contribution in [0.1, 0.15) is 86.0 Å². The molecule has 2 rings (SSSR count). The number of aliphatic hydroxyl groups is 1. The van der Waals surface area contributed by atoms with Gasteiger partial charge in [0.25, 0.3) is 0 Å². The summed E-state index contributed by atoms with van der Waals surface area (Å²) in [6, 6.07) is 0. The Labute approximate surface area is 184 Å². The van der Waals surface area contributed by atoms with Crippen molar-refractivity contribution < 1.29 is 19.4 Å². The van der Waals surface area contributed by atoms with Gasteiger partial charge in [0.1, 0.15) is 0 Å². The normalized spacial score (nSPS) is 29.0. The van der Waals surface area contributed by atoms with Crippen molar-refractivity contribution in [3.05, 3.63) is 36.5 Å². The number of allylic oxidation sites excluding steroid dienone is 5. The monoisotopic (exact) mass is 420 g/mol. The molecule has 0 radical (unpaired) electrons. The largest absolute Gasteiger partial charge is 0.466 e. The summed E-state index contributed by atoms with van der Waals surface area (Å²) < 4.78 is 10.1. The highest BCUT2D eigenvalue weighted by Crippen LogP contribution is 2.42. The number of methoxy groups -OCH3 is 1. The Kier molecular flexibility index (Phi) is 11.6. The topological polar surface area (TPSA) is 59.1 Å². The SMILES string of the molecule is CCC\C=C/C=C/C=C/C(=O)OC.C[C@H](CCC1OC1(C)C)C1CCC(C)(O)CC1. The molecule has 4 heteroatoms. The minimum Gasteiger partial charge on any atom is -0.466 e. The second kappa shape index (κ2) is 13.1. The highest BCUT2D eigenvalue weighted by molar-refractivity contribution is 5.82. The van der Waals surface area contributed by atoms with E-state index in [0.29, 0.717) is 6.10 Å². The van der Waals surface area contributed by atoms with E-state index in [9.17, 15) is 9.90 Å². The van der Waals surface area contributed by atoms with Crippen LogP contribution in [-0.4, -0.2) is 35.5 Å². The van der Waals surface area contributed by atoms with Crippen molar-refractivity contribution >= 4 is 5.97 Å². The molecule has 0 amide bonds. The summed E-state index contributed by atoms with van der Waals surface area (Å²) >= 11 is 0. The third kappa shape index (κ3) is 11.1. The predicted molar refractivity (Wildman–Crippen MR) is 124 cm³/mol. The molecule has 0 bridgehead atoms. The molecule has 0 aromatic heterocycles. The number of carbonyl (C=O) groups excluding carboxylic acids is 1. The molecule has 0 spiro atoms. The molecule has 1 saturated carbocycles. The molecule has 1 N–H and O–H groups in total. The van der Waals surface area contributed by atoms with Crippen molar-refractivity contribution in [3.63, 3.8) is 0 Å². The number of hydrogen-bond donors (Lipinski definition) is 1. The van der Waals surface area contributed by atoms with Gasteiger partial charge in [-0.15, -0.1) is 0 Å². The molecule has 1 saturated heterocycles. The van der Waals surface area contributed by atoms with Gasteiger partial charge in [0, 0.05) is 6.08 Å². The lowest BCUT2D eigenvalue weighted by Crippen LogP contribution is -2.32. The van der Waals surface area contributed by atoms with Crippen LogP contribution >= 0.6 is 0 Å². The van der Waals surface area contributed by atoms with Crippen LogP contribution in [0.5, 0.6) is 0 Å². The van der Waals surface area contributed by atoms with E-state index < -0.39 is 5.60 Å². The lowest BCUT2D eigenvalue weighted by molar-refractivity contribution is -0.134. The molecule has 1 aliphatic carbocycles. The van der Waals surface area contributed by atoms with Crippen molar-refractivity contribution in [1.29, 1.82) is 0 Å². The molecule has 172 valence electrons. The molecule has 1 unspecified atom stereocenters. The van der Waals surface area contributed by atoms with Crippen molar-refractivity contribution in [1.82, 2.24) is 0 Å². The summed E-state index contributed by atoms with van der Waals surface area (Å²) in [7, 11) is 1.36. The molecular weight excluding hydrogens is 376 g/mol. The number of hydrogen-bond acceptors (Lipinski definition) is 4. The van der Waals surface area contributed by atoms with E-state index in [1.807, 2.05) is 19.1 Å². The van der Waals surface area contributed by atoms with Crippen molar-refractivity contribution in [2.45, 2.75) is 103 Å². The first kappa shape index (κ1) is 26.6. The Hall–Kier alpha value is -1.39. The van der Waals surface area contributed by atoms with Gasteiger partial charge in [-0.05, 0) is 77.6 Å². The Balaban J connectivity index is 0.000000314. The van der Waals surface area contributed by atoms with Crippen molar-refractivity contribution in [2.75, 3.05) is 7.11 Å². The zero-order valence-corrected chi connectivity index (χ0v) is 20.0. The highest BCUT2D eigenvalue weighted by Gasteiger charge is 2.47. The van der Waals surface area contributed by atoms with Gasteiger partial charge in [0.2, 0.25) is 0 Å². The smallest absolute Gasteiger partial charge is 0.330 e. The van der Waals surface area contributed by atoms with Gasteiger partial charge >= 0.3 is 5.97 Å². The first-order valence-corrected chi connectivity index (χ1v) is 11.6. The maximum atomic E-state index is 10.6. The summed E-state index contributed by atoms with van der Waals surface area (Å²) in [5.41, 5.74) is -0.242. The average molecular weight is 421 g/mol. The van der Waals surface area contributed by atoms with Gasteiger partial charge in [-0.2, -0.15) is 0 Å². The number of rotatable bonds is 9. The van der Waals surface area contributed by atoms with Gasteiger partial charge in [0.15, 0.2) is 0 Å². The van der Waals surface area contributed by atoms with Crippen LogP contribution in [0.15, 0.2) is 36.5 Å². The molecule has 1 aliphatic heterocycles. The quantitative estimate of drug-likeness (QED) is 0.210. The molecule has 2 fully saturated rings. The first-order valence-electron chi connectivity index (χ1n) is 11.6. The lowest BCUT2D eigenvalue weighted by atomic mass is 9.73. The zero-order chi connectivity index (χ0) is 22.6. The second-order valence-electron chi connectivity index (χ2n) is 9.58. The lowest BCUT2D eigenvalue weighted by Gasteiger charge is -2.36. The number of ether oxygens (including phenoxy) is 2. The van der Waals surface area contributed by atoms with E-state index in [-0.39, 0.29) is 11.6 Å². The number of esters is 1. The standard InChI is InChI=1S/C15H28O2.C11H16O2/c1-11(5-6-13-14(2,3)17-13)12-7-9-15(4,16)10-8-12;1-3-4-5-6-7-8-9-10-11(12)13-2/h11-13,16H,5-10H2,1-4H3;5-10H,3-4H2,1-2H3/b;6-5-,8-7+,10-9+/t11-,12?,13?,15?;/m1./s1. The van der Waals surface area contributed by atoms with E-state index in [0.717, 1.165) is 37.5 Å². The number of carbonyl (C=O) groups is 1. The van der Waals surface area contributed by atoms with E-state index in [2.05, 4.69) is 38.5 Å². The van der Waals surface area contributed by atoms with E-state index >= 15 is 0 Å². The van der Waals surface area contributed by atoms with Crippen molar-refractivity contribution in [3.8, 4) is 0 Å². The zero-order valence-electron chi connectivity index (χ0n) is 20.0. The van der Waals surface area contributed by atoms with E-state index in [1.54, 1.807) is 12.2 Å². The Bertz CT molecular complexity index is 576. The number of epoxide rings is 1. The Morgan fingerprint density at radius 2 is 1.77 bits per heavy atom. The molecule has 1 heterocycles. The van der Waals surface area contributed by atoms with Crippen LogP contribution in [-0.2, 0) is 14.3 Å². The maximum absolute atomic E-state index is 10.6. The third-order valence-corrected chi connectivity index (χ3v) is 6.32. The minimum atomic E-state index is -0.391. The fraction of sp³-hybridized carbons (Fsp3) is 0.731. The summed E-state index contributed by atoms with van der Waals surface area (Å²) in [5.74, 6) is 1.27. The van der Waals surface area contributed by atoms with E-state index in [4.69, 9.17) is 4.74 Å². The van der Waals surface area contributed by atoms with Crippen LogP contribution < -0.4 is 0 Å². The van der Waals surface area contributed by atoms with E-state index in [1.165, 1.54) is 38.9 Å². The molecule has 0 aromatic carbocycles. The average Bonchev–Trinajstić information content (AvgIpc) is 3.32. The van der Waals surface area contributed by atoms with Gasteiger partial charge in [-0.25, -0.2) is 4.79 Å². The molecule has 30 heavy (non-hydrogen) atoms. The molecule has 4 nitrogen and oxygen atoms in total. The van der Waals surface area contributed by atoms with Gasteiger partial charge in [-0.1, -0.05) is 50.6 Å². The van der Waals surface area contributed by atoms with Crippen LogP contribution in [0.25, 0.3) is 0 Å². The minimum absolute atomic E-state index is 0.149. The number of unbranched alkanes of at least 4 members (excludes halogenated alkanes) is 1. The van der Waals surface area contributed by atoms with Gasteiger partial charge < -0.3 is 14.6 Å². The summed E-state index contributed by atoms with van der Waals surface area (Å²) in [6.07, 6.45) is 20.3. The van der Waals surface area contributed by atoms with Gasteiger partial charge in [0.05, 0.1) is 24.4 Å². The molecule has 0 aromatic rings. The fourth-order valence-corrected chi connectivity index (χ4v) is 3.89. The Morgan fingerprint density at radius 3 is 2.30 bits per heavy atom. The Morgan fingerprint density at radius 1 is 1.17 bits per heavy atom. The molecular formula is C26H44O4. The summed E-state index contributed by atoms with van der Waals surface area (Å²) in [4.78, 5) is 10.6. The van der Waals surface area contributed by atoms with Crippen LogP contribution in [0.3, 0.4) is 0 Å². The van der Waals surface area contributed by atoms with Gasteiger partial charge in [-0.3, -0.25) is 0 Å². The molecule has 2 atom stereocenters. The predicted octanol–water partition coefficient (Wildman–Crippen LogP) is 6.15. The van der Waals surface area contributed by atoms with Crippen LogP contribution in [0.4, 0.5) is 0 Å². The highest BCUT2D eigenvalue weighted by atomic mass is 16.6. The molecule has 2 aliphatic rings. The van der Waals surface area contributed by atoms with Crippen LogP contribution in [0.2, 0.25) is 0 Å².